The molecule has 0 aromatic heterocycles. The number of rotatable bonds is 8. The molecule has 3 N–H and O–H groups in total. The number of nitrogens with zero attached hydrogens (tertiary/aromatic N) is 1. The molecule has 2 aromatic rings. The maximum Gasteiger partial charge on any atom is 0.269 e. The highest BCUT2D eigenvalue weighted by Crippen LogP contribution is 2.12. The Morgan fingerprint density at radius 1 is 0.909 bits per heavy atom. The van der Waals surface area contributed by atoms with Crippen molar-refractivity contribution in [3.05, 3.63) is 69.8 Å². The minimum atomic E-state index is -0.376. The zero-order valence-electron chi connectivity index (χ0n) is 12.5. The largest absolute Gasteiger partial charge is 0.399 e. The second-order valence-corrected chi connectivity index (χ2v) is 5.27. The number of benzene rings is 2. The van der Waals surface area contributed by atoms with Crippen LogP contribution in [0.15, 0.2) is 48.5 Å². The predicted octanol–water partition coefficient (Wildman–Crippen LogP) is 2.94. The molecule has 0 unspecified atom stereocenters. The number of non-ortho nitro benzene ring substituents is 1. The van der Waals surface area contributed by atoms with E-state index in [2.05, 4.69) is 17.4 Å². The fraction of sp³-hybridized carbons (Fsp3) is 0.294. The molecule has 0 aliphatic heterocycles. The van der Waals surface area contributed by atoms with Crippen LogP contribution in [0.1, 0.15) is 17.5 Å². The molecule has 116 valence electrons. The minimum absolute atomic E-state index is 0.139. The number of nitrogens with two attached hydrogens (primary N) is 1. The highest BCUT2D eigenvalue weighted by atomic mass is 16.6. The number of nitrogen functional groups attached to an aromatic ring is 1. The Kier molecular flexibility index (Phi) is 5.91. The number of nitro benzene ring substituents is 1. The summed E-state index contributed by atoms with van der Waals surface area (Å²) >= 11 is 0. The van der Waals surface area contributed by atoms with Gasteiger partial charge in [-0.2, -0.15) is 0 Å². The third-order valence-electron chi connectivity index (χ3n) is 3.54. The van der Waals surface area contributed by atoms with E-state index in [4.69, 9.17) is 5.73 Å². The Bertz CT molecular complexity index is 594. The summed E-state index contributed by atoms with van der Waals surface area (Å²) in [4.78, 5) is 10.2. The molecule has 0 aliphatic rings. The second-order valence-electron chi connectivity index (χ2n) is 5.27. The first-order valence-electron chi connectivity index (χ1n) is 7.43. The van der Waals surface area contributed by atoms with Crippen molar-refractivity contribution in [3.63, 3.8) is 0 Å². The van der Waals surface area contributed by atoms with E-state index < -0.39 is 0 Å². The molecule has 5 nitrogen and oxygen atoms in total. The Hall–Kier alpha value is -2.40. The van der Waals surface area contributed by atoms with E-state index in [1.807, 2.05) is 24.3 Å². The van der Waals surface area contributed by atoms with E-state index in [1.54, 1.807) is 12.1 Å². The molecule has 0 aliphatic carbocycles. The lowest BCUT2D eigenvalue weighted by Crippen LogP contribution is -2.19. The first kappa shape index (κ1) is 16.0. The van der Waals surface area contributed by atoms with Gasteiger partial charge in [-0.05, 0) is 55.6 Å². The number of anilines is 1. The number of hydrogen-bond acceptors (Lipinski definition) is 4. The lowest BCUT2D eigenvalue weighted by Gasteiger charge is -2.05. The number of aryl methyl sites for hydroxylation is 1. The molecule has 0 heterocycles. The molecule has 2 aromatic carbocycles. The van der Waals surface area contributed by atoms with Gasteiger partial charge in [0.2, 0.25) is 0 Å². The van der Waals surface area contributed by atoms with Crippen LogP contribution in [0.25, 0.3) is 0 Å². The molecule has 0 radical (unpaired) electrons. The van der Waals surface area contributed by atoms with Crippen LogP contribution in [-0.4, -0.2) is 18.0 Å². The topological polar surface area (TPSA) is 81.2 Å². The van der Waals surface area contributed by atoms with Crippen LogP contribution in [0.4, 0.5) is 11.4 Å². The van der Waals surface area contributed by atoms with Gasteiger partial charge in [-0.3, -0.25) is 10.1 Å². The quantitative estimate of drug-likeness (QED) is 0.340. The van der Waals surface area contributed by atoms with Crippen LogP contribution in [-0.2, 0) is 12.8 Å². The first-order chi connectivity index (χ1) is 10.6. The fourth-order valence-electron chi connectivity index (χ4n) is 2.24. The maximum atomic E-state index is 10.6. The van der Waals surface area contributed by atoms with E-state index in [1.165, 1.54) is 5.56 Å². The lowest BCUT2D eigenvalue weighted by molar-refractivity contribution is -0.384. The summed E-state index contributed by atoms with van der Waals surface area (Å²) in [6.07, 6.45) is 2.98. The summed E-state index contributed by atoms with van der Waals surface area (Å²) < 4.78 is 0. The number of nitrogens with one attached hydrogen (secondary N) is 1. The van der Waals surface area contributed by atoms with E-state index in [-0.39, 0.29) is 10.6 Å². The molecular weight excluding hydrogens is 278 g/mol. The summed E-state index contributed by atoms with van der Waals surface area (Å²) in [6.45, 7) is 1.83. The van der Waals surface area contributed by atoms with Gasteiger partial charge in [0.25, 0.3) is 5.69 Å². The lowest BCUT2D eigenvalue weighted by atomic mass is 10.1. The Balaban J connectivity index is 1.61. The van der Waals surface area contributed by atoms with Gasteiger partial charge >= 0.3 is 0 Å². The molecule has 5 heteroatoms. The third kappa shape index (κ3) is 5.18. The van der Waals surface area contributed by atoms with Crippen molar-refractivity contribution >= 4 is 11.4 Å². The molecule has 0 amide bonds. The van der Waals surface area contributed by atoms with Crippen molar-refractivity contribution in [2.24, 2.45) is 0 Å². The SMILES string of the molecule is Nc1ccc(CCCNCCc2ccc([N+](=O)[O-])cc2)cc1. The molecule has 0 spiro atoms. The van der Waals surface area contributed by atoms with Gasteiger partial charge < -0.3 is 11.1 Å². The highest BCUT2D eigenvalue weighted by molar-refractivity contribution is 5.39. The van der Waals surface area contributed by atoms with Crippen molar-refractivity contribution in [2.75, 3.05) is 18.8 Å². The molecule has 0 saturated heterocycles. The minimum Gasteiger partial charge on any atom is -0.399 e. The van der Waals surface area contributed by atoms with Crippen LogP contribution in [0, 0.1) is 10.1 Å². The Labute approximate surface area is 130 Å². The highest BCUT2D eigenvalue weighted by Gasteiger charge is 2.03. The number of nitro groups is 1. The summed E-state index contributed by atoms with van der Waals surface area (Å²) in [5.41, 5.74) is 8.99. The van der Waals surface area contributed by atoms with Gasteiger partial charge in [-0.25, -0.2) is 0 Å². The van der Waals surface area contributed by atoms with Gasteiger partial charge in [0.05, 0.1) is 4.92 Å². The standard InChI is InChI=1S/C17H21N3O2/c18-16-7-3-14(4-8-16)2-1-12-19-13-11-15-5-9-17(10-6-15)20(21)22/h3-10,19H,1-2,11-13,18H2. The average molecular weight is 299 g/mol. The van der Waals surface area contributed by atoms with Crippen LogP contribution in [0.3, 0.4) is 0 Å². The van der Waals surface area contributed by atoms with Crippen LogP contribution in [0.5, 0.6) is 0 Å². The summed E-state index contributed by atoms with van der Waals surface area (Å²) in [5, 5.41) is 14.0. The van der Waals surface area contributed by atoms with E-state index in [0.29, 0.717) is 0 Å². The van der Waals surface area contributed by atoms with Crippen LogP contribution in [0.2, 0.25) is 0 Å². The molecular formula is C17H21N3O2. The zero-order valence-corrected chi connectivity index (χ0v) is 12.5. The van der Waals surface area contributed by atoms with Crippen molar-refractivity contribution in [1.29, 1.82) is 0 Å². The van der Waals surface area contributed by atoms with Gasteiger partial charge in [0, 0.05) is 17.8 Å². The van der Waals surface area contributed by atoms with Gasteiger partial charge in [0.15, 0.2) is 0 Å². The monoisotopic (exact) mass is 299 g/mol. The van der Waals surface area contributed by atoms with E-state index >= 15 is 0 Å². The Morgan fingerprint density at radius 2 is 1.50 bits per heavy atom. The molecule has 22 heavy (non-hydrogen) atoms. The summed E-state index contributed by atoms with van der Waals surface area (Å²) in [7, 11) is 0. The second kappa shape index (κ2) is 8.14. The average Bonchev–Trinajstić information content (AvgIpc) is 2.53. The van der Waals surface area contributed by atoms with Gasteiger partial charge in [-0.15, -0.1) is 0 Å². The van der Waals surface area contributed by atoms with Crippen LogP contribution >= 0.6 is 0 Å². The molecule has 0 fully saturated rings. The number of hydrogen-bond donors (Lipinski definition) is 2. The van der Waals surface area contributed by atoms with Crippen molar-refractivity contribution in [1.82, 2.24) is 5.32 Å². The maximum absolute atomic E-state index is 10.6. The molecule has 0 bridgehead atoms. The Morgan fingerprint density at radius 3 is 2.14 bits per heavy atom. The molecule has 0 atom stereocenters. The predicted molar refractivity (Wildman–Crippen MR) is 88.8 cm³/mol. The van der Waals surface area contributed by atoms with Crippen molar-refractivity contribution in [2.45, 2.75) is 19.3 Å². The molecule has 2 rings (SSSR count). The normalized spacial score (nSPS) is 10.5. The van der Waals surface area contributed by atoms with Crippen molar-refractivity contribution in [3.8, 4) is 0 Å². The molecule has 0 saturated carbocycles. The summed E-state index contributed by atoms with van der Waals surface area (Å²) in [6, 6.07) is 14.7. The fourth-order valence-corrected chi connectivity index (χ4v) is 2.24. The van der Waals surface area contributed by atoms with Gasteiger partial charge in [-0.1, -0.05) is 24.3 Å². The smallest absolute Gasteiger partial charge is 0.269 e. The van der Waals surface area contributed by atoms with Crippen molar-refractivity contribution < 1.29 is 4.92 Å². The van der Waals surface area contributed by atoms with E-state index in [0.717, 1.165) is 43.6 Å². The summed E-state index contributed by atoms with van der Waals surface area (Å²) in [5.74, 6) is 0. The van der Waals surface area contributed by atoms with E-state index in [9.17, 15) is 10.1 Å². The van der Waals surface area contributed by atoms with Crippen LogP contribution < -0.4 is 11.1 Å². The third-order valence-corrected chi connectivity index (χ3v) is 3.54. The van der Waals surface area contributed by atoms with Gasteiger partial charge in [0.1, 0.15) is 0 Å². The zero-order chi connectivity index (χ0) is 15.8. The first-order valence-corrected chi connectivity index (χ1v) is 7.43.